The molecule has 0 aliphatic carbocycles. The summed E-state index contributed by atoms with van der Waals surface area (Å²) in [5.41, 5.74) is 7.75. The summed E-state index contributed by atoms with van der Waals surface area (Å²) in [5, 5.41) is 0. The number of carbonyl (C=O) groups excluding carboxylic acids is 2. The molecule has 0 radical (unpaired) electrons. The van der Waals surface area contributed by atoms with Gasteiger partial charge in [0.15, 0.2) is 0 Å². The predicted molar refractivity (Wildman–Crippen MR) is 84.6 cm³/mol. The van der Waals surface area contributed by atoms with Crippen LogP contribution in [-0.2, 0) is 9.59 Å². The third-order valence-corrected chi connectivity index (χ3v) is 4.18. The second kappa shape index (κ2) is 7.29. The summed E-state index contributed by atoms with van der Waals surface area (Å²) in [6.07, 6.45) is 2.54. The van der Waals surface area contributed by atoms with Crippen molar-refractivity contribution in [1.82, 2.24) is 4.90 Å². The van der Waals surface area contributed by atoms with E-state index in [1.54, 1.807) is 4.90 Å². The van der Waals surface area contributed by atoms with Gasteiger partial charge < -0.3 is 15.4 Å². The topological polar surface area (TPSA) is 72.6 Å². The number of primary amides is 1. The van der Waals surface area contributed by atoms with Crippen molar-refractivity contribution in [1.29, 1.82) is 0 Å². The van der Waals surface area contributed by atoms with Gasteiger partial charge in [-0.3, -0.25) is 9.59 Å². The quantitative estimate of drug-likeness (QED) is 0.816. The van der Waals surface area contributed by atoms with E-state index in [2.05, 4.69) is 6.92 Å². The molecule has 1 unspecified atom stereocenters. The highest BCUT2D eigenvalue weighted by Gasteiger charge is 2.31. The maximum Gasteiger partial charge on any atom is 0.240 e. The first-order valence-electron chi connectivity index (χ1n) is 7.78. The van der Waals surface area contributed by atoms with Gasteiger partial charge >= 0.3 is 0 Å². The lowest BCUT2D eigenvalue weighted by Gasteiger charge is -2.22. The minimum Gasteiger partial charge on any atom is -0.494 e. The number of aryl methyl sites for hydroxylation is 2. The highest BCUT2D eigenvalue weighted by Crippen LogP contribution is 2.19. The van der Waals surface area contributed by atoms with E-state index in [1.807, 2.05) is 25.1 Å². The average molecular weight is 304 g/mol. The molecular formula is C17H24N2O3. The van der Waals surface area contributed by atoms with Gasteiger partial charge in [-0.2, -0.15) is 0 Å². The number of likely N-dealkylation sites (tertiary alicyclic amines) is 1. The third-order valence-electron chi connectivity index (χ3n) is 4.18. The fraction of sp³-hybridized carbons (Fsp3) is 0.529. The lowest BCUT2D eigenvalue weighted by atomic mass is 10.1. The van der Waals surface area contributed by atoms with Gasteiger partial charge in [-0.25, -0.2) is 0 Å². The van der Waals surface area contributed by atoms with Crippen LogP contribution in [0.25, 0.3) is 0 Å². The Bertz CT molecular complexity index is 557. The fourth-order valence-corrected chi connectivity index (χ4v) is 2.72. The highest BCUT2D eigenvalue weighted by atomic mass is 16.5. The molecule has 0 bridgehead atoms. The lowest BCUT2D eigenvalue weighted by molar-refractivity contribution is -0.137. The summed E-state index contributed by atoms with van der Waals surface area (Å²) in [7, 11) is 0. The van der Waals surface area contributed by atoms with E-state index in [4.69, 9.17) is 10.5 Å². The molecule has 1 aromatic rings. The minimum atomic E-state index is -0.423. The standard InChI is InChI=1S/C17H24N2O3/c1-12-7-8-14(11-13(12)2)22-10-4-6-16(20)19-9-3-5-15(19)17(18)21/h7-8,11,15H,3-6,9-10H2,1-2H3,(H2,18,21). The Kier molecular flexibility index (Phi) is 5.41. The van der Waals surface area contributed by atoms with Crippen LogP contribution < -0.4 is 10.5 Å². The number of hydrogen-bond donors (Lipinski definition) is 1. The number of ether oxygens (including phenoxy) is 1. The molecule has 1 heterocycles. The molecule has 1 fully saturated rings. The van der Waals surface area contributed by atoms with E-state index in [-0.39, 0.29) is 5.91 Å². The maximum atomic E-state index is 12.1. The first kappa shape index (κ1) is 16.3. The van der Waals surface area contributed by atoms with E-state index in [1.165, 1.54) is 11.1 Å². The van der Waals surface area contributed by atoms with Gasteiger partial charge in [0.05, 0.1) is 6.61 Å². The lowest BCUT2D eigenvalue weighted by Crippen LogP contribution is -2.43. The Morgan fingerprint density at radius 2 is 2.09 bits per heavy atom. The summed E-state index contributed by atoms with van der Waals surface area (Å²) in [6, 6.07) is 5.54. The zero-order valence-corrected chi connectivity index (χ0v) is 13.3. The minimum absolute atomic E-state index is 0.00927. The summed E-state index contributed by atoms with van der Waals surface area (Å²) in [4.78, 5) is 25.0. The van der Waals surface area contributed by atoms with Gasteiger partial charge in [-0.05, 0) is 56.4 Å². The number of hydrogen-bond acceptors (Lipinski definition) is 3. The monoisotopic (exact) mass is 304 g/mol. The molecule has 1 aliphatic rings. The van der Waals surface area contributed by atoms with Crippen molar-refractivity contribution < 1.29 is 14.3 Å². The van der Waals surface area contributed by atoms with E-state index in [9.17, 15) is 9.59 Å². The second-order valence-corrected chi connectivity index (χ2v) is 5.85. The van der Waals surface area contributed by atoms with Crippen LogP contribution in [0.2, 0.25) is 0 Å². The van der Waals surface area contributed by atoms with E-state index < -0.39 is 11.9 Å². The van der Waals surface area contributed by atoms with Crippen molar-refractivity contribution in [2.75, 3.05) is 13.2 Å². The fourth-order valence-electron chi connectivity index (χ4n) is 2.72. The molecule has 120 valence electrons. The van der Waals surface area contributed by atoms with Crippen molar-refractivity contribution in [2.24, 2.45) is 5.73 Å². The molecule has 0 saturated carbocycles. The molecule has 1 atom stereocenters. The smallest absolute Gasteiger partial charge is 0.240 e. The zero-order chi connectivity index (χ0) is 16.1. The van der Waals surface area contributed by atoms with Crippen LogP contribution in [0.5, 0.6) is 5.75 Å². The summed E-state index contributed by atoms with van der Waals surface area (Å²) in [6.45, 7) is 5.22. The number of amides is 2. The van der Waals surface area contributed by atoms with E-state index in [0.717, 1.165) is 12.2 Å². The van der Waals surface area contributed by atoms with Gasteiger partial charge in [0.1, 0.15) is 11.8 Å². The number of carbonyl (C=O) groups is 2. The first-order chi connectivity index (χ1) is 10.5. The number of nitrogens with zero attached hydrogens (tertiary/aromatic N) is 1. The van der Waals surface area contributed by atoms with Crippen LogP contribution in [0.3, 0.4) is 0 Å². The van der Waals surface area contributed by atoms with Crippen molar-refractivity contribution in [3.8, 4) is 5.75 Å². The van der Waals surface area contributed by atoms with Crippen molar-refractivity contribution in [3.05, 3.63) is 29.3 Å². The molecule has 1 saturated heterocycles. The Morgan fingerprint density at radius 3 is 2.77 bits per heavy atom. The highest BCUT2D eigenvalue weighted by molar-refractivity contribution is 5.87. The Hall–Kier alpha value is -2.04. The second-order valence-electron chi connectivity index (χ2n) is 5.85. The average Bonchev–Trinajstić information content (AvgIpc) is 2.97. The number of rotatable bonds is 6. The first-order valence-corrected chi connectivity index (χ1v) is 7.78. The summed E-state index contributed by atoms with van der Waals surface area (Å²) < 4.78 is 5.67. The van der Waals surface area contributed by atoms with E-state index >= 15 is 0 Å². The molecule has 2 N–H and O–H groups in total. The van der Waals surface area contributed by atoms with Crippen LogP contribution in [0, 0.1) is 13.8 Å². The molecular weight excluding hydrogens is 280 g/mol. The molecule has 2 amide bonds. The predicted octanol–water partition coefficient (Wildman–Crippen LogP) is 1.94. The molecule has 1 aromatic carbocycles. The van der Waals surface area contributed by atoms with Crippen LogP contribution in [0.15, 0.2) is 18.2 Å². The summed E-state index contributed by atoms with van der Waals surface area (Å²) >= 11 is 0. The van der Waals surface area contributed by atoms with Crippen LogP contribution in [0.1, 0.15) is 36.8 Å². The Balaban J connectivity index is 1.75. The van der Waals surface area contributed by atoms with Crippen molar-refractivity contribution in [3.63, 3.8) is 0 Å². The van der Waals surface area contributed by atoms with Crippen molar-refractivity contribution in [2.45, 2.75) is 45.6 Å². The van der Waals surface area contributed by atoms with Gasteiger partial charge in [-0.15, -0.1) is 0 Å². The van der Waals surface area contributed by atoms with Gasteiger partial charge in [0.2, 0.25) is 11.8 Å². The van der Waals surface area contributed by atoms with Gasteiger partial charge in [-0.1, -0.05) is 6.07 Å². The number of benzene rings is 1. The maximum absolute atomic E-state index is 12.1. The molecule has 22 heavy (non-hydrogen) atoms. The van der Waals surface area contributed by atoms with Crippen molar-refractivity contribution >= 4 is 11.8 Å². The zero-order valence-electron chi connectivity index (χ0n) is 13.3. The summed E-state index contributed by atoms with van der Waals surface area (Å²) in [5.74, 6) is 0.411. The molecule has 1 aliphatic heterocycles. The molecule has 0 aromatic heterocycles. The van der Waals surface area contributed by atoms with Crippen LogP contribution >= 0.6 is 0 Å². The largest absolute Gasteiger partial charge is 0.494 e. The molecule has 0 spiro atoms. The molecule has 2 rings (SSSR count). The Morgan fingerprint density at radius 1 is 1.32 bits per heavy atom. The van der Waals surface area contributed by atoms with E-state index in [0.29, 0.717) is 32.4 Å². The van der Waals surface area contributed by atoms with Gasteiger partial charge in [0.25, 0.3) is 0 Å². The Labute approximate surface area is 131 Å². The third kappa shape index (κ3) is 4.00. The van der Waals surface area contributed by atoms with Crippen LogP contribution in [0.4, 0.5) is 0 Å². The SMILES string of the molecule is Cc1ccc(OCCCC(=O)N2CCCC2C(N)=O)cc1C. The molecule has 5 nitrogen and oxygen atoms in total. The van der Waals surface area contributed by atoms with Gasteiger partial charge in [0, 0.05) is 13.0 Å². The number of nitrogens with two attached hydrogens (primary N) is 1. The normalized spacial score (nSPS) is 17.5. The molecule has 5 heteroatoms. The van der Waals surface area contributed by atoms with Crippen LogP contribution in [-0.4, -0.2) is 35.9 Å².